The molecule has 0 fully saturated rings. The van der Waals surface area contributed by atoms with Gasteiger partial charge in [0.2, 0.25) is 0 Å². The highest BCUT2D eigenvalue weighted by Crippen LogP contribution is 2.66. The summed E-state index contributed by atoms with van der Waals surface area (Å²) in [6, 6.07) is 116. The van der Waals surface area contributed by atoms with Crippen molar-refractivity contribution in [3.8, 4) is 66.8 Å². The smallest absolute Gasteiger partial charge is 0.143 e. The Kier molecular flexibility index (Phi) is 11.9. The van der Waals surface area contributed by atoms with Gasteiger partial charge in [0.15, 0.2) is 0 Å². The number of anilines is 6. The minimum atomic E-state index is -1.02. The van der Waals surface area contributed by atoms with Gasteiger partial charge in [0, 0.05) is 44.0 Å². The van der Waals surface area contributed by atoms with E-state index in [-0.39, 0.29) is 0 Å². The molecule has 0 N–H and O–H groups in total. The van der Waals surface area contributed by atoms with Crippen molar-refractivity contribution in [3.63, 3.8) is 0 Å². The largest absolute Gasteiger partial charge is 0.455 e. The molecule has 14 aromatic carbocycles. The van der Waals surface area contributed by atoms with Crippen LogP contribution in [0.4, 0.5) is 34.1 Å². The van der Waals surface area contributed by atoms with E-state index in [1.165, 1.54) is 27.8 Å². The molecule has 91 heavy (non-hydrogen) atoms. The number of para-hydroxylation sites is 4. The van der Waals surface area contributed by atoms with Crippen LogP contribution in [0.25, 0.3) is 111 Å². The number of hydrogen-bond acceptors (Lipinski definition) is 4. The van der Waals surface area contributed by atoms with E-state index in [0.29, 0.717) is 0 Å². The molecule has 4 heteroatoms. The molecular weight excluding hydrogens is 1100 g/mol. The Labute approximate surface area is 528 Å². The first-order chi connectivity index (χ1) is 44.9. The molecule has 2 aromatic heterocycles. The zero-order valence-corrected chi connectivity index (χ0v) is 50.2. The maximum absolute atomic E-state index is 6.97. The van der Waals surface area contributed by atoms with Crippen molar-refractivity contribution in [2.45, 2.75) is 19.3 Å². The summed E-state index contributed by atoms with van der Waals surface area (Å²) < 4.78 is 13.9. The Hall–Kier alpha value is -11.7. The van der Waals surface area contributed by atoms with Gasteiger partial charge in [-0.3, -0.25) is 0 Å². The zero-order valence-electron chi connectivity index (χ0n) is 50.2. The van der Waals surface area contributed by atoms with Crippen molar-refractivity contribution in [2.24, 2.45) is 0 Å². The second-order valence-corrected chi connectivity index (χ2v) is 24.4. The molecule has 0 radical (unpaired) electrons. The third-order valence-electron chi connectivity index (χ3n) is 19.3. The molecule has 0 aliphatic carbocycles. The minimum Gasteiger partial charge on any atom is -0.455 e. The Morgan fingerprint density at radius 2 is 0.593 bits per heavy atom. The normalized spacial score (nSPS) is 13.0. The molecule has 4 nitrogen and oxygen atoms in total. The van der Waals surface area contributed by atoms with E-state index in [1.807, 2.05) is 0 Å². The van der Waals surface area contributed by atoms with E-state index in [9.17, 15) is 0 Å². The van der Waals surface area contributed by atoms with Gasteiger partial charge in [-0.2, -0.15) is 0 Å². The van der Waals surface area contributed by atoms with Crippen molar-refractivity contribution in [1.29, 1.82) is 0 Å². The van der Waals surface area contributed by atoms with Gasteiger partial charge in [-0.05, 0) is 188 Å². The molecule has 18 rings (SSSR count). The second-order valence-electron chi connectivity index (χ2n) is 24.4. The molecule has 0 amide bonds. The van der Waals surface area contributed by atoms with Crippen LogP contribution in [0.15, 0.2) is 324 Å². The number of furan rings is 2. The maximum atomic E-state index is 6.97. The average Bonchev–Trinajstić information content (AvgIpc) is 1.10. The third kappa shape index (κ3) is 8.16. The first-order valence-corrected chi connectivity index (χ1v) is 31.4. The summed E-state index contributed by atoms with van der Waals surface area (Å²) in [6.45, 7) is 4.47. The number of benzene rings is 14. The SMILES string of the molecule is Cc1ccccc1-c1ccc(N2c3ccc(-c4cccc5c4oc4ccccc45)cc3C3(c4cc(-c5ccccc5)ccc4N(c4ccc(-c5ccccc5)cc4)c4ccc(-c5ccccc5)cc43)c3cc(-c4cccc5c4oc4ccccc45)ccc32)cc1C. The summed E-state index contributed by atoms with van der Waals surface area (Å²) in [5, 5.41) is 4.37. The van der Waals surface area contributed by atoms with Crippen LogP contribution in [0.5, 0.6) is 0 Å². The first kappa shape index (κ1) is 52.4. The zero-order chi connectivity index (χ0) is 60.3. The van der Waals surface area contributed by atoms with E-state index >= 15 is 0 Å². The van der Waals surface area contributed by atoms with Gasteiger partial charge >= 0.3 is 0 Å². The quantitative estimate of drug-likeness (QED) is 0.152. The van der Waals surface area contributed by atoms with Gasteiger partial charge in [-0.15, -0.1) is 0 Å². The maximum Gasteiger partial charge on any atom is 0.143 e. The van der Waals surface area contributed by atoms with Crippen LogP contribution in [-0.4, -0.2) is 0 Å². The lowest BCUT2D eigenvalue weighted by Crippen LogP contribution is -2.42. The van der Waals surface area contributed by atoms with E-state index < -0.39 is 5.41 Å². The summed E-state index contributed by atoms with van der Waals surface area (Å²) in [5.41, 5.74) is 29.4. The Balaban J connectivity index is 1.00. The molecule has 2 aliphatic rings. The average molecular weight is 1160 g/mol. The monoisotopic (exact) mass is 1160 g/mol. The van der Waals surface area contributed by atoms with Gasteiger partial charge in [-0.25, -0.2) is 0 Å². The van der Waals surface area contributed by atoms with Crippen molar-refractivity contribution in [2.75, 3.05) is 9.80 Å². The molecule has 1 spiro atoms. The van der Waals surface area contributed by atoms with Crippen LogP contribution in [0.1, 0.15) is 33.4 Å². The summed E-state index contributed by atoms with van der Waals surface area (Å²) in [4.78, 5) is 5.06. The van der Waals surface area contributed by atoms with Crippen LogP contribution < -0.4 is 9.80 Å². The van der Waals surface area contributed by atoms with Crippen molar-refractivity contribution in [1.82, 2.24) is 0 Å². The highest BCUT2D eigenvalue weighted by atomic mass is 16.3. The third-order valence-corrected chi connectivity index (χ3v) is 19.3. The highest BCUT2D eigenvalue weighted by molar-refractivity contribution is 6.12. The van der Waals surface area contributed by atoms with Crippen LogP contribution in [0.2, 0.25) is 0 Å². The summed E-state index contributed by atoms with van der Waals surface area (Å²) in [5.74, 6) is 0. The van der Waals surface area contributed by atoms with E-state index in [0.717, 1.165) is 150 Å². The molecule has 0 unspecified atom stereocenters. The molecule has 2 aliphatic heterocycles. The van der Waals surface area contributed by atoms with Gasteiger partial charge in [0.1, 0.15) is 22.3 Å². The molecule has 16 aromatic rings. The lowest BCUT2D eigenvalue weighted by molar-refractivity contribution is 0.669. The Morgan fingerprint density at radius 3 is 1.08 bits per heavy atom. The number of rotatable bonds is 8. The molecule has 0 saturated carbocycles. The van der Waals surface area contributed by atoms with Crippen molar-refractivity contribution < 1.29 is 8.83 Å². The number of fused-ring (bicyclic) bond motifs is 14. The molecule has 0 saturated heterocycles. The molecule has 0 atom stereocenters. The predicted octanol–water partition coefficient (Wildman–Crippen LogP) is 24.1. The molecule has 0 bridgehead atoms. The van der Waals surface area contributed by atoms with Crippen molar-refractivity contribution >= 4 is 78.0 Å². The van der Waals surface area contributed by atoms with Gasteiger partial charge in [-0.1, -0.05) is 231 Å². The lowest BCUT2D eigenvalue weighted by atomic mass is 9.59. The van der Waals surface area contributed by atoms with Gasteiger partial charge in [0.25, 0.3) is 0 Å². The molecular formula is C87H58N2O2. The fourth-order valence-electron chi connectivity index (χ4n) is 15.1. The number of aryl methyl sites for hydroxylation is 2. The molecule has 428 valence electrons. The summed E-state index contributed by atoms with van der Waals surface area (Å²) in [7, 11) is 0. The highest BCUT2D eigenvalue weighted by Gasteiger charge is 2.53. The minimum absolute atomic E-state index is 0.863. The Bertz CT molecular complexity index is 5310. The number of hydrogen-bond donors (Lipinski definition) is 0. The summed E-state index contributed by atoms with van der Waals surface area (Å²) >= 11 is 0. The standard InChI is InChI=1S/C87H58N2O2/c1-55-20-12-13-27-67(55)68-45-44-66(50-56(68)2)89-81-48-40-63(69-30-18-32-73-71-28-14-16-34-83(71)90-85(69)73)53-77(81)87(78-54-64(41-49-82(78)89)70-31-19-33-74-72-29-15-17-35-84(72)91-86(70)74)75-51-61(58-23-8-4-9-24-58)38-46-79(75)88(65-42-36-60(37-43-65)57-21-6-3-7-22-57)80-47-39-62(52-76(80)87)59-25-10-5-11-26-59/h3-54H,1-2H3. The fraction of sp³-hybridized carbons (Fsp3) is 0.0345. The topological polar surface area (TPSA) is 32.8 Å². The van der Waals surface area contributed by atoms with Crippen LogP contribution in [0.3, 0.4) is 0 Å². The number of nitrogens with zero attached hydrogens (tertiary/aromatic N) is 2. The summed E-state index contributed by atoms with van der Waals surface area (Å²) in [6.07, 6.45) is 0. The van der Waals surface area contributed by atoms with Gasteiger partial charge in [0.05, 0.1) is 28.2 Å². The Morgan fingerprint density at radius 1 is 0.242 bits per heavy atom. The second kappa shape index (κ2) is 20.7. The predicted molar refractivity (Wildman–Crippen MR) is 378 cm³/mol. The van der Waals surface area contributed by atoms with Crippen LogP contribution in [-0.2, 0) is 5.41 Å². The van der Waals surface area contributed by atoms with Crippen molar-refractivity contribution in [3.05, 3.63) is 349 Å². The molecule has 4 heterocycles. The first-order valence-electron chi connectivity index (χ1n) is 31.4. The lowest BCUT2D eigenvalue weighted by Gasteiger charge is -2.52. The van der Waals surface area contributed by atoms with E-state index in [2.05, 4.69) is 339 Å². The van der Waals surface area contributed by atoms with E-state index in [1.54, 1.807) is 0 Å². The van der Waals surface area contributed by atoms with E-state index in [4.69, 9.17) is 8.83 Å². The van der Waals surface area contributed by atoms with Gasteiger partial charge < -0.3 is 18.6 Å². The van der Waals surface area contributed by atoms with Crippen LogP contribution >= 0.6 is 0 Å². The van der Waals surface area contributed by atoms with Crippen LogP contribution in [0, 0.1) is 13.8 Å². The fourth-order valence-corrected chi connectivity index (χ4v) is 15.1.